The van der Waals surface area contributed by atoms with Crippen LogP contribution >= 0.6 is 0 Å². The minimum Gasteiger partial charge on any atom is -0.385 e. The average molecular weight is 447 g/mol. The second-order valence-electron chi connectivity index (χ2n) is 8.32. The first-order chi connectivity index (χ1) is 16.0. The number of fused-ring (bicyclic) bond motifs is 2. The number of unbranched alkanes of at least 4 members (excludes halogenated alkanes) is 1. The normalized spacial score (nSPS) is 11.4. The highest BCUT2D eigenvalue weighted by atomic mass is 16.5. The molecule has 0 aliphatic rings. The van der Waals surface area contributed by atoms with E-state index in [-0.39, 0.29) is 11.5 Å². The Labute approximate surface area is 193 Å². The summed E-state index contributed by atoms with van der Waals surface area (Å²) in [4.78, 5) is 31.2. The Morgan fingerprint density at radius 1 is 1.12 bits per heavy atom. The number of aromatic nitrogens is 3. The fourth-order valence-corrected chi connectivity index (χ4v) is 4.07. The van der Waals surface area contributed by atoms with Gasteiger partial charge in [-0.05, 0) is 61.6 Å². The molecule has 4 aromatic rings. The quantitative estimate of drug-likeness (QED) is 0.382. The molecule has 1 aromatic carbocycles. The van der Waals surface area contributed by atoms with Gasteiger partial charge in [0.25, 0.3) is 11.5 Å². The monoisotopic (exact) mass is 446 g/mol. The Hall–Kier alpha value is -3.45. The Morgan fingerprint density at radius 3 is 2.64 bits per heavy atom. The molecule has 3 aromatic heterocycles. The molecule has 0 saturated heterocycles. The molecular formula is C26H30N4O3. The lowest BCUT2D eigenvalue weighted by Gasteiger charge is -2.11. The summed E-state index contributed by atoms with van der Waals surface area (Å²) in [7, 11) is 1.65. The van der Waals surface area contributed by atoms with Crippen molar-refractivity contribution in [3.05, 3.63) is 75.8 Å². The van der Waals surface area contributed by atoms with E-state index in [1.54, 1.807) is 19.4 Å². The number of amides is 1. The summed E-state index contributed by atoms with van der Waals surface area (Å²) in [5.41, 5.74) is 4.21. The van der Waals surface area contributed by atoms with Gasteiger partial charge in [-0.15, -0.1) is 0 Å². The van der Waals surface area contributed by atoms with Gasteiger partial charge < -0.3 is 14.6 Å². The molecule has 0 aliphatic heterocycles. The van der Waals surface area contributed by atoms with E-state index in [0.717, 1.165) is 30.5 Å². The van der Waals surface area contributed by atoms with Crippen molar-refractivity contribution in [1.29, 1.82) is 0 Å². The summed E-state index contributed by atoms with van der Waals surface area (Å²) in [6, 6.07) is 13.3. The molecule has 0 spiro atoms. The van der Waals surface area contributed by atoms with Gasteiger partial charge in [0.05, 0.1) is 5.39 Å². The van der Waals surface area contributed by atoms with Crippen molar-refractivity contribution in [3.8, 4) is 0 Å². The van der Waals surface area contributed by atoms with Crippen LogP contribution in [0.4, 0.5) is 5.69 Å². The summed E-state index contributed by atoms with van der Waals surface area (Å²) in [5.74, 6) is -0.267. The topological polar surface area (TPSA) is 77.6 Å². The Morgan fingerprint density at radius 2 is 1.91 bits per heavy atom. The molecule has 0 bridgehead atoms. The number of methoxy groups -OCH3 is 1. The zero-order valence-corrected chi connectivity index (χ0v) is 19.4. The van der Waals surface area contributed by atoms with Gasteiger partial charge >= 0.3 is 0 Å². The highest BCUT2D eigenvalue weighted by Gasteiger charge is 2.20. The number of nitrogens with zero attached hydrogens (tertiary/aromatic N) is 3. The molecule has 1 amide bonds. The maximum atomic E-state index is 13.3. The van der Waals surface area contributed by atoms with E-state index >= 15 is 0 Å². The lowest BCUT2D eigenvalue weighted by Crippen LogP contribution is -2.18. The third-order valence-electron chi connectivity index (χ3n) is 5.89. The number of hydrogen-bond donors (Lipinski definition) is 1. The highest BCUT2D eigenvalue weighted by Crippen LogP contribution is 2.20. The molecule has 0 unspecified atom stereocenters. The van der Waals surface area contributed by atoms with Crippen molar-refractivity contribution in [2.75, 3.05) is 19.0 Å². The van der Waals surface area contributed by atoms with Gasteiger partial charge in [0.15, 0.2) is 0 Å². The van der Waals surface area contributed by atoms with Crippen molar-refractivity contribution in [3.63, 3.8) is 0 Å². The van der Waals surface area contributed by atoms with Crippen LogP contribution in [-0.2, 0) is 17.7 Å². The maximum absolute atomic E-state index is 13.3. The molecule has 0 atom stereocenters. The van der Waals surface area contributed by atoms with E-state index < -0.39 is 0 Å². The fraction of sp³-hybridized carbons (Fsp3) is 0.346. The van der Waals surface area contributed by atoms with E-state index in [4.69, 9.17) is 9.72 Å². The van der Waals surface area contributed by atoms with Gasteiger partial charge in [0, 0.05) is 32.1 Å². The molecule has 0 aliphatic carbocycles. The molecule has 7 nitrogen and oxygen atoms in total. The van der Waals surface area contributed by atoms with E-state index in [1.807, 2.05) is 47.9 Å². The standard InChI is InChI=1S/C26H30N4O3/c1-4-5-9-19-10-12-20(13-11-19)27-25(31)22-17-21-24(29(22)15-7-16-33-3)28-23-18(2)8-6-14-30(23)26(21)32/h6,8,10-14,17H,4-5,7,9,15-16H2,1-3H3,(H,27,31). The number of ether oxygens (including phenoxy) is 1. The first-order valence-electron chi connectivity index (χ1n) is 11.4. The first-order valence-corrected chi connectivity index (χ1v) is 11.4. The predicted octanol–water partition coefficient (Wildman–Crippen LogP) is 4.59. The molecule has 4 rings (SSSR count). The van der Waals surface area contributed by atoms with Crippen LogP contribution in [0.3, 0.4) is 0 Å². The largest absolute Gasteiger partial charge is 0.385 e. The lowest BCUT2D eigenvalue weighted by molar-refractivity contribution is 0.101. The van der Waals surface area contributed by atoms with Gasteiger partial charge in [0.1, 0.15) is 17.0 Å². The molecular weight excluding hydrogens is 416 g/mol. The van der Waals surface area contributed by atoms with Crippen LogP contribution in [0, 0.1) is 6.92 Å². The number of benzene rings is 1. The van der Waals surface area contributed by atoms with Gasteiger partial charge in [-0.3, -0.25) is 14.0 Å². The first kappa shape index (κ1) is 22.7. The number of carbonyl (C=O) groups is 1. The molecule has 0 radical (unpaired) electrons. The second kappa shape index (κ2) is 10.0. The second-order valence-corrected chi connectivity index (χ2v) is 8.32. The molecule has 3 heterocycles. The average Bonchev–Trinajstić information content (AvgIpc) is 3.19. The number of anilines is 1. The summed E-state index contributed by atoms with van der Waals surface area (Å²) in [6.45, 7) is 5.16. The number of pyridine rings is 1. The van der Waals surface area contributed by atoms with Crippen LogP contribution in [0.5, 0.6) is 0 Å². The summed E-state index contributed by atoms with van der Waals surface area (Å²) in [6.07, 6.45) is 5.72. The lowest BCUT2D eigenvalue weighted by atomic mass is 10.1. The number of hydrogen-bond acceptors (Lipinski definition) is 4. The van der Waals surface area contributed by atoms with Crippen LogP contribution in [0.2, 0.25) is 0 Å². The molecule has 172 valence electrons. The SMILES string of the molecule is CCCCc1ccc(NC(=O)c2cc3c(=O)n4cccc(C)c4nc3n2CCCOC)cc1. The van der Waals surface area contributed by atoms with Gasteiger partial charge in [-0.2, -0.15) is 0 Å². The van der Waals surface area contributed by atoms with Gasteiger partial charge in [0.2, 0.25) is 0 Å². The van der Waals surface area contributed by atoms with Crippen LogP contribution in [0.1, 0.15) is 47.8 Å². The third-order valence-corrected chi connectivity index (χ3v) is 5.89. The fourth-order valence-electron chi connectivity index (χ4n) is 4.07. The van der Waals surface area contributed by atoms with Gasteiger partial charge in [-0.25, -0.2) is 4.98 Å². The molecule has 0 fully saturated rings. The maximum Gasteiger partial charge on any atom is 0.272 e. The summed E-state index contributed by atoms with van der Waals surface area (Å²) in [5, 5.41) is 3.40. The Kier molecular flexibility index (Phi) is 6.89. The van der Waals surface area contributed by atoms with Crippen molar-refractivity contribution < 1.29 is 9.53 Å². The molecule has 1 N–H and O–H groups in total. The molecule has 7 heteroatoms. The van der Waals surface area contributed by atoms with Crippen LogP contribution in [-0.4, -0.2) is 33.6 Å². The van der Waals surface area contributed by atoms with E-state index in [9.17, 15) is 9.59 Å². The van der Waals surface area contributed by atoms with Crippen LogP contribution in [0.15, 0.2) is 53.5 Å². The molecule has 33 heavy (non-hydrogen) atoms. The number of carbonyl (C=O) groups excluding carboxylic acids is 1. The smallest absolute Gasteiger partial charge is 0.272 e. The molecule has 0 saturated carbocycles. The van der Waals surface area contributed by atoms with Crippen molar-refractivity contribution in [2.24, 2.45) is 0 Å². The third kappa shape index (κ3) is 4.68. The summed E-state index contributed by atoms with van der Waals surface area (Å²) >= 11 is 0. The highest BCUT2D eigenvalue weighted by molar-refractivity contribution is 6.06. The minimum atomic E-state index is -0.267. The number of nitrogens with one attached hydrogen (secondary N) is 1. The van der Waals surface area contributed by atoms with Gasteiger partial charge in [-0.1, -0.05) is 31.5 Å². The number of aryl methyl sites for hydroxylation is 3. The summed E-state index contributed by atoms with van der Waals surface area (Å²) < 4.78 is 8.56. The number of rotatable bonds is 9. The van der Waals surface area contributed by atoms with Crippen molar-refractivity contribution in [1.82, 2.24) is 14.0 Å². The zero-order chi connectivity index (χ0) is 23.4. The Balaban J connectivity index is 1.73. The van der Waals surface area contributed by atoms with Crippen molar-refractivity contribution in [2.45, 2.75) is 46.1 Å². The predicted molar refractivity (Wildman–Crippen MR) is 131 cm³/mol. The van der Waals surface area contributed by atoms with Crippen LogP contribution in [0.25, 0.3) is 16.7 Å². The zero-order valence-electron chi connectivity index (χ0n) is 19.4. The van der Waals surface area contributed by atoms with E-state index in [0.29, 0.717) is 41.9 Å². The van der Waals surface area contributed by atoms with E-state index in [1.165, 1.54) is 9.96 Å². The van der Waals surface area contributed by atoms with Crippen LogP contribution < -0.4 is 10.9 Å². The Bertz CT molecular complexity index is 1340. The van der Waals surface area contributed by atoms with E-state index in [2.05, 4.69) is 12.2 Å². The van der Waals surface area contributed by atoms with Crippen molar-refractivity contribution >= 4 is 28.3 Å². The minimum absolute atomic E-state index is 0.182.